The number of hydrogen-bond acceptors (Lipinski definition) is 2. The Labute approximate surface area is 116 Å². The van der Waals surface area contributed by atoms with Crippen molar-refractivity contribution in [3.8, 4) is 0 Å². The van der Waals surface area contributed by atoms with E-state index in [-0.39, 0.29) is 24.4 Å². The summed E-state index contributed by atoms with van der Waals surface area (Å²) < 4.78 is 0. The van der Waals surface area contributed by atoms with Gasteiger partial charge in [-0.1, -0.05) is 31.2 Å². The van der Waals surface area contributed by atoms with Crippen molar-refractivity contribution < 1.29 is 4.79 Å². The summed E-state index contributed by atoms with van der Waals surface area (Å²) >= 11 is 0. The van der Waals surface area contributed by atoms with E-state index in [0.717, 1.165) is 12.8 Å². The van der Waals surface area contributed by atoms with Crippen molar-refractivity contribution in [2.45, 2.75) is 45.7 Å². The standard InChI is InChI=1S/C14H22N2O.ClH/c1-3-12-6-4-5-7-13(12)10-16-14(17)9-8-11(2)15;/h4-7,11H,3,8-10,15H2,1-2H3,(H,16,17);1H. The first kappa shape index (κ1) is 16.9. The van der Waals surface area contributed by atoms with Crippen molar-refractivity contribution in [2.24, 2.45) is 5.73 Å². The molecule has 0 spiro atoms. The van der Waals surface area contributed by atoms with Crippen LogP contribution in [-0.2, 0) is 17.8 Å². The smallest absolute Gasteiger partial charge is 0.220 e. The van der Waals surface area contributed by atoms with E-state index >= 15 is 0 Å². The van der Waals surface area contributed by atoms with Gasteiger partial charge in [0.1, 0.15) is 0 Å². The summed E-state index contributed by atoms with van der Waals surface area (Å²) in [6.45, 7) is 4.65. The molecule has 18 heavy (non-hydrogen) atoms. The Morgan fingerprint density at radius 3 is 2.50 bits per heavy atom. The number of carbonyl (C=O) groups is 1. The Hall–Kier alpha value is -1.06. The van der Waals surface area contributed by atoms with Gasteiger partial charge in [0.15, 0.2) is 0 Å². The van der Waals surface area contributed by atoms with Gasteiger partial charge in [-0.15, -0.1) is 12.4 Å². The summed E-state index contributed by atoms with van der Waals surface area (Å²) in [5, 5.41) is 2.93. The second-order valence-corrected chi connectivity index (χ2v) is 4.41. The molecule has 0 aliphatic rings. The summed E-state index contributed by atoms with van der Waals surface area (Å²) in [5.74, 6) is 0.0770. The topological polar surface area (TPSA) is 55.1 Å². The molecule has 0 saturated carbocycles. The number of carbonyl (C=O) groups excluding carboxylic acids is 1. The van der Waals surface area contributed by atoms with Gasteiger partial charge in [0.05, 0.1) is 0 Å². The molecule has 1 atom stereocenters. The van der Waals surface area contributed by atoms with Crippen LogP contribution in [0.4, 0.5) is 0 Å². The van der Waals surface area contributed by atoms with E-state index < -0.39 is 0 Å². The van der Waals surface area contributed by atoms with Crippen LogP contribution >= 0.6 is 12.4 Å². The highest BCUT2D eigenvalue weighted by Gasteiger charge is 2.04. The summed E-state index contributed by atoms with van der Waals surface area (Å²) in [6.07, 6.45) is 2.24. The summed E-state index contributed by atoms with van der Waals surface area (Å²) in [5.41, 5.74) is 8.10. The largest absolute Gasteiger partial charge is 0.352 e. The molecule has 0 bridgehead atoms. The SMILES string of the molecule is CCc1ccccc1CNC(=O)CCC(C)N.Cl. The lowest BCUT2D eigenvalue weighted by Gasteiger charge is -2.10. The summed E-state index contributed by atoms with van der Waals surface area (Å²) in [4.78, 5) is 11.6. The van der Waals surface area contributed by atoms with Crippen LogP contribution in [0.15, 0.2) is 24.3 Å². The minimum absolute atomic E-state index is 0. The number of aryl methyl sites for hydroxylation is 1. The number of nitrogens with one attached hydrogen (secondary N) is 1. The molecular formula is C14H23ClN2O. The molecule has 0 aromatic heterocycles. The maximum absolute atomic E-state index is 11.6. The highest BCUT2D eigenvalue weighted by Crippen LogP contribution is 2.09. The highest BCUT2D eigenvalue weighted by molar-refractivity contribution is 5.85. The molecule has 1 aromatic carbocycles. The Kier molecular flexibility index (Phi) is 8.42. The fraction of sp³-hybridized carbons (Fsp3) is 0.500. The second kappa shape index (κ2) is 8.95. The molecule has 0 fully saturated rings. The fourth-order valence-corrected chi connectivity index (χ4v) is 1.72. The lowest BCUT2D eigenvalue weighted by molar-refractivity contribution is -0.121. The van der Waals surface area contributed by atoms with Crippen LogP contribution in [0.3, 0.4) is 0 Å². The molecule has 0 heterocycles. The van der Waals surface area contributed by atoms with Crippen LogP contribution < -0.4 is 11.1 Å². The number of amides is 1. The fourth-order valence-electron chi connectivity index (χ4n) is 1.72. The van der Waals surface area contributed by atoms with Crippen molar-refractivity contribution >= 4 is 18.3 Å². The highest BCUT2D eigenvalue weighted by atomic mass is 35.5. The Morgan fingerprint density at radius 1 is 1.33 bits per heavy atom. The van der Waals surface area contributed by atoms with Crippen LogP contribution in [0.2, 0.25) is 0 Å². The van der Waals surface area contributed by atoms with Gasteiger partial charge in [0.2, 0.25) is 5.91 Å². The first-order valence-electron chi connectivity index (χ1n) is 6.22. The first-order chi connectivity index (χ1) is 8.13. The number of halogens is 1. The van der Waals surface area contributed by atoms with Crippen LogP contribution in [0, 0.1) is 0 Å². The number of hydrogen-bond donors (Lipinski definition) is 2. The van der Waals surface area contributed by atoms with Gasteiger partial charge in [-0.2, -0.15) is 0 Å². The zero-order valence-electron chi connectivity index (χ0n) is 11.1. The van der Waals surface area contributed by atoms with E-state index in [1.807, 2.05) is 19.1 Å². The van der Waals surface area contributed by atoms with Gasteiger partial charge in [-0.05, 0) is 30.9 Å². The third kappa shape index (κ3) is 6.03. The number of benzene rings is 1. The Morgan fingerprint density at radius 2 is 1.94 bits per heavy atom. The zero-order valence-corrected chi connectivity index (χ0v) is 11.9. The van der Waals surface area contributed by atoms with Crippen molar-refractivity contribution in [1.82, 2.24) is 5.32 Å². The summed E-state index contributed by atoms with van der Waals surface area (Å²) in [6, 6.07) is 8.28. The molecule has 0 saturated heterocycles. The second-order valence-electron chi connectivity index (χ2n) is 4.41. The number of rotatable bonds is 6. The molecule has 1 amide bonds. The average Bonchev–Trinajstić information content (AvgIpc) is 2.34. The molecule has 0 radical (unpaired) electrons. The summed E-state index contributed by atoms with van der Waals surface area (Å²) in [7, 11) is 0. The quantitative estimate of drug-likeness (QED) is 0.834. The normalized spacial score (nSPS) is 11.5. The van der Waals surface area contributed by atoms with Crippen LogP contribution in [0.1, 0.15) is 37.8 Å². The van der Waals surface area contributed by atoms with E-state index in [0.29, 0.717) is 13.0 Å². The van der Waals surface area contributed by atoms with E-state index in [9.17, 15) is 4.79 Å². The minimum Gasteiger partial charge on any atom is -0.352 e. The van der Waals surface area contributed by atoms with E-state index in [1.165, 1.54) is 11.1 Å². The molecular weight excluding hydrogens is 248 g/mol. The Bertz CT molecular complexity index is 367. The van der Waals surface area contributed by atoms with Crippen molar-refractivity contribution in [3.63, 3.8) is 0 Å². The average molecular weight is 271 g/mol. The van der Waals surface area contributed by atoms with Gasteiger partial charge in [0, 0.05) is 19.0 Å². The lowest BCUT2D eigenvalue weighted by atomic mass is 10.1. The van der Waals surface area contributed by atoms with Crippen molar-refractivity contribution in [3.05, 3.63) is 35.4 Å². The van der Waals surface area contributed by atoms with Crippen molar-refractivity contribution in [2.75, 3.05) is 0 Å². The number of nitrogens with two attached hydrogens (primary N) is 1. The van der Waals surface area contributed by atoms with Gasteiger partial charge >= 0.3 is 0 Å². The molecule has 3 nitrogen and oxygen atoms in total. The molecule has 3 N–H and O–H groups in total. The molecule has 1 rings (SSSR count). The molecule has 1 unspecified atom stereocenters. The monoisotopic (exact) mass is 270 g/mol. The molecule has 102 valence electrons. The molecule has 0 aliphatic heterocycles. The molecule has 1 aromatic rings. The van der Waals surface area contributed by atoms with E-state index in [4.69, 9.17) is 5.73 Å². The van der Waals surface area contributed by atoms with E-state index in [1.54, 1.807) is 0 Å². The third-order valence-electron chi connectivity index (χ3n) is 2.80. The first-order valence-corrected chi connectivity index (χ1v) is 6.22. The van der Waals surface area contributed by atoms with Gasteiger partial charge in [0.25, 0.3) is 0 Å². The van der Waals surface area contributed by atoms with Gasteiger partial charge in [-0.3, -0.25) is 4.79 Å². The minimum atomic E-state index is 0. The molecule has 0 aliphatic carbocycles. The van der Waals surface area contributed by atoms with Crippen LogP contribution in [-0.4, -0.2) is 11.9 Å². The predicted octanol–water partition coefficient (Wildman–Crippen LogP) is 2.41. The van der Waals surface area contributed by atoms with Crippen LogP contribution in [0.5, 0.6) is 0 Å². The maximum atomic E-state index is 11.6. The van der Waals surface area contributed by atoms with Gasteiger partial charge < -0.3 is 11.1 Å². The lowest BCUT2D eigenvalue weighted by Crippen LogP contribution is -2.25. The Balaban J connectivity index is 0.00000289. The van der Waals surface area contributed by atoms with Crippen molar-refractivity contribution in [1.29, 1.82) is 0 Å². The van der Waals surface area contributed by atoms with E-state index in [2.05, 4.69) is 24.4 Å². The zero-order chi connectivity index (χ0) is 12.7. The van der Waals surface area contributed by atoms with Gasteiger partial charge in [-0.25, -0.2) is 0 Å². The predicted molar refractivity (Wildman–Crippen MR) is 77.8 cm³/mol. The third-order valence-corrected chi connectivity index (χ3v) is 2.80. The molecule has 4 heteroatoms. The van der Waals surface area contributed by atoms with Crippen LogP contribution in [0.25, 0.3) is 0 Å². The maximum Gasteiger partial charge on any atom is 0.220 e.